The van der Waals surface area contributed by atoms with Crippen LogP contribution >= 0.6 is 0 Å². The Kier molecular flexibility index (Phi) is 4.01. The van der Waals surface area contributed by atoms with Gasteiger partial charge in [-0.1, -0.05) is 48.9 Å². The van der Waals surface area contributed by atoms with E-state index in [0.717, 1.165) is 18.4 Å². The van der Waals surface area contributed by atoms with Gasteiger partial charge in [0.2, 0.25) is 0 Å². The Morgan fingerprint density at radius 1 is 1.35 bits per heavy atom. The van der Waals surface area contributed by atoms with Gasteiger partial charge in [0.05, 0.1) is 0 Å². The van der Waals surface area contributed by atoms with E-state index in [4.69, 9.17) is 0 Å². The minimum Gasteiger partial charge on any atom is -0.310 e. The van der Waals surface area contributed by atoms with E-state index >= 15 is 0 Å². The van der Waals surface area contributed by atoms with E-state index in [9.17, 15) is 0 Å². The number of nitrogens with one attached hydrogen (secondary N) is 1. The number of likely N-dealkylation sites (N-methyl/N-ethyl adjacent to an activating group) is 1. The third kappa shape index (κ3) is 3.19. The van der Waals surface area contributed by atoms with Crippen LogP contribution in [0, 0.1) is 5.92 Å². The van der Waals surface area contributed by atoms with Gasteiger partial charge in [0.1, 0.15) is 0 Å². The van der Waals surface area contributed by atoms with Crippen molar-refractivity contribution >= 4 is 0 Å². The van der Waals surface area contributed by atoms with Crippen molar-refractivity contribution in [1.82, 2.24) is 5.32 Å². The van der Waals surface area contributed by atoms with Crippen LogP contribution in [0.15, 0.2) is 42.0 Å². The molecule has 1 aromatic carbocycles. The molecule has 0 saturated heterocycles. The van der Waals surface area contributed by atoms with Gasteiger partial charge in [-0.15, -0.1) is 0 Å². The van der Waals surface area contributed by atoms with Gasteiger partial charge in [-0.25, -0.2) is 0 Å². The number of benzene rings is 1. The van der Waals surface area contributed by atoms with Gasteiger partial charge in [-0.3, -0.25) is 0 Å². The summed E-state index contributed by atoms with van der Waals surface area (Å²) in [6.07, 6.45) is 3.71. The second-order valence-corrected chi connectivity index (χ2v) is 5.24. The van der Waals surface area contributed by atoms with E-state index < -0.39 is 0 Å². The van der Waals surface area contributed by atoms with Crippen LogP contribution in [0.1, 0.15) is 38.7 Å². The molecule has 0 aliphatic heterocycles. The van der Waals surface area contributed by atoms with Crippen LogP contribution in [0.25, 0.3) is 0 Å². The molecule has 1 nitrogen and oxygen atoms in total. The third-order valence-corrected chi connectivity index (χ3v) is 3.48. The van der Waals surface area contributed by atoms with Crippen LogP contribution in [-0.4, -0.2) is 12.6 Å². The molecule has 1 aliphatic rings. The Hall–Kier alpha value is -1.08. The Morgan fingerprint density at radius 3 is 2.65 bits per heavy atom. The summed E-state index contributed by atoms with van der Waals surface area (Å²) in [7, 11) is 0. The molecule has 1 fully saturated rings. The summed E-state index contributed by atoms with van der Waals surface area (Å²) in [6, 6.07) is 11.5. The summed E-state index contributed by atoms with van der Waals surface area (Å²) in [6.45, 7) is 7.60. The zero-order valence-electron chi connectivity index (χ0n) is 11.1. The van der Waals surface area contributed by atoms with Gasteiger partial charge >= 0.3 is 0 Å². The van der Waals surface area contributed by atoms with Crippen molar-refractivity contribution in [2.24, 2.45) is 5.92 Å². The maximum Gasteiger partial charge on any atom is 0.0286 e. The first-order chi connectivity index (χ1) is 8.22. The highest BCUT2D eigenvalue weighted by molar-refractivity contribution is 5.28. The highest BCUT2D eigenvalue weighted by Gasteiger charge is 2.42. The quantitative estimate of drug-likeness (QED) is 0.759. The van der Waals surface area contributed by atoms with Gasteiger partial charge in [0.25, 0.3) is 0 Å². The summed E-state index contributed by atoms with van der Waals surface area (Å²) in [4.78, 5) is 0. The Labute approximate surface area is 105 Å². The lowest BCUT2D eigenvalue weighted by Crippen LogP contribution is -2.29. The molecule has 1 aliphatic carbocycles. The molecular weight excluding hydrogens is 206 g/mol. The van der Waals surface area contributed by atoms with E-state index in [1.165, 1.54) is 17.6 Å². The summed E-state index contributed by atoms with van der Waals surface area (Å²) in [5.41, 5.74) is 2.91. The number of hydrogen-bond donors (Lipinski definition) is 1. The Bertz CT molecular complexity index is 376. The lowest BCUT2D eigenvalue weighted by molar-refractivity contribution is 0.544. The molecule has 0 radical (unpaired) electrons. The number of allylic oxidation sites excluding steroid dienone is 1. The van der Waals surface area contributed by atoms with Crippen LogP contribution in [0.3, 0.4) is 0 Å². The predicted molar refractivity (Wildman–Crippen MR) is 74.2 cm³/mol. The number of hydrogen-bond acceptors (Lipinski definition) is 1. The molecule has 0 heterocycles. The van der Waals surface area contributed by atoms with Crippen LogP contribution in [0.2, 0.25) is 0 Å². The summed E-state index contributed by atoms with van der Waals surface area (Å²) >= 11 is 0. The van der Waals surface area contributed by atoms with E-state index in [2.05, 4.69) is 62.5 Å². The van der Waals surface area contributed by atoms with Gasteiger partial charge in [-0.05, 0) is 44.2 Å². The molecule has 0 spiro atoms. The first-order valence-corrected chi connectivity index (χ1v) is 6.65. The predicted octanol–water partition coefficient (Wildman–Crippen LogP) is 3.73. The molecule has 3 atom stereocenters. The largest absolute Gasteiger partial charge is 0.310 e. The second kappa shape index (κ2) is 5.50. The summed E-state index contributed by atoms with van der Waals surface area (Å²) in [5, 5.41) is 3.60. The van der Waals surface area contributed by atoms with Crippen LogP contribution in [0.4, 0.5) is 0 Å². The van der Waals surface area contributed by atoms with Crippen molar-refractivity contribution in [3.63, 3.8) is 0 Å². The highest BCUT2D eigenvalue weighted by Crippen LogP contribution is 2.49. The fraction of sp³-hybridized carbons (Fsp3) is 0.500. The molecule has 3 unspecified atom stereocenters. The average molecular weight is 229 g/mol. The first-order valence-electron chi connectivity index (χ1n) is 6.65. The Balaban J connectivity index is 2.02. The molecule has 92 valence electrons. The molecule has 1 saturated carbocycles. The third-order valence-electron chi connectivity index (χ3n) is 3.48. The average Bonchev–Trinajstić information content (AvgIpc) is 3.09. The highest BCUT2D eigenvalue weighted by atomic mass is 14.9. The lowest BCUT2D eigenvalue weighted by atomic mass is 10.0. The van der Waals surface area contributed by atoms with Gasteiger partial charge in [0.15, 0.2) is 0 Å². The molecule has 2 rings (SSSR count). The van der Waals surface area contributed by atoms with Crippen LogP contribution in [0.5, 0.6) is 0 Å². The van der Waals surface area contributed by atoms with E-state index in [-0.39, 0.29) is 0 Å². The van der Waals surface area contributed by atoms with E-state index in [1.54, 1.807) is 0 Å². The van der Waals surface area contributed by atoms with Crippen molar-refractivity contribution in [3.8, 4) is 0 Å². The number of rotatable bonds is 5. The maximum atomic E-state index is 3.60. The summed E-state index contributed by atoms with van der Waals surface area (Å²) < 4.78 is 0. The van der Waals surface area contributed by atoms with Gasteiger partial charge < -0.3 is 5.32 Å². The van der Waals surface area contributed by atoms with Crippen molar-refractivity contribution < 1.29 is 0 Å². The monoisotopic (exact) mass is 229 g/mol. The van der Waals surface area contributed by atoms with Crippen molar-refractivity contribution in [1.29, 1.82) is 0 Å². The van der Waals surface area contributed by atoms with Gasteiger partial charge in [0, 0.05) is 6.04 Å². The lowest BCUT2D eigenvalue weighted by Gasteiger charge is -2.14. The molecule has 1 aromatic rings. The zero-order chi connectivity index (χ0) is 12.3. The van der Waals surface area contributed by atoms with Crippen molar-refractivity contribution in [2.75, 3.05) is 6.54 Å². The maximum absolute atomic E-state index is 3.60. The SMILES string of the molecule is CCNC(C=C(C)C)C1CC1c1ccccc1. The minimum atomic E-state index is 0.551. The smallest absolute Gasteiger partial charge is 0.0286 e. The van der Waals surface area contributed by atoms with E-state index in [0.29, 0.717) is 6.04 Å². The molecule has 0 bridgehead atoms. The molecule has 1 heteroatoms. The van der Waals surface area contributed by atoms with Crippen LogP contribution < -0.4 is 5.32 Å². The second-order valence-electron chi connectivity index (χ2n) is 5.24. The van der Waals surface area contributed by atoms with Gasteiger partial charge in [-0.2, -0.15) is 0 Å². The van der Waals surface area contributed by atoms with Crippen molar-refractivity contribution in [2.45, 2.75) is 39.2 Å². The van der Waals surface area contributed by atoms with E-state index in [1.807, 2.05) is 0 Å². The zero-order valence-corrected chi connectivity index (χ0v) is 11.1. The molecular formula is C16H23N. The Morgan fingerprint density at radius 2 is 2.06 bits per heavy atom. The topological polar surface area (TPSA) is 12.0 Å². The fourth-order valence-corrected chi connectivity index (χ4v) is 2.62. The molecule has 0 aromatic heterocycles. The van der Waals surface area contributed by atoms with Crippen LogP contribution in [-0.2, 0) is 0 Å². The minimum absolute atomic E-state index is 0.551. The first kappa shape index (κ1) is 12.4. The molecule has 0 amide bonds. The normalized spacial score (nSPS) is 24.2. The summed E-state index contributed by atoms with van der Waals surface area (Å²) in [5.74, 6) is 1.54. The van der Waals surface area contributed by atoms with Crippen molar-refractivity contribution in [3.05, 3.63) is 47.5 Å². The molecule has 17 heavy (non-hydrogen) atoms. The fourth-order valence-electron chi connectivity index (χ4n) is 2.62. The standard InChI is InChI=1S/C16H23N/c1-4-17-16(10-12(2)3)15-11-14(15)13-8-6-5-7-9-13/h5-10,14-17H,4,11H2,1-3H3. The molecule has 1 N–H and O–H groups in total.